The van der Waals surface area contributed by atoms with Gasteiger partial charge >= 0.3 is 0 Å². The third-order valence-electron chi connectivity index (χ3n) is 4.33. The number of nitrogens with one attached hydrogen (secondary N) is 1. The number of hydrogen-bond acceptors (Lipinski definition) is 4. The Labute approximate surface area is 126 Å². The van der Waals surface area contributed by atoms with Gasteiger partial charge in [0.15, 0.2) is 0 Å². The summed E-state index contributed by atoms with van der Waals surface area (Å²) in [5.41, 5.74) is 1.02. The minimum absolute atomic E-state index is 0.538. The third kappa shape index (κ3) is 2.94. The lowest BCUT2D eigenvalue weighted by atomic mass is 10.2. The Morgan fingerprint density at radius 2 is 1.81 bits per heavy atom. The molecule has 0 spiro atoms. The van der Waals surface area contributed by atoms with Crippen molar-refractivity contribution in [1.82, 2.24) is 9.97 Å². The Hall–Kier alpha value is -1.84. The second kappa shape index (κ2) is 6.29. The SMILES string of the molecule is CCN(CC)c1nc(NC2CCCC2)nc2ccccc12. The van der Waals surface area contributed by atoms with Crippen LogP contribution in [0.25, 0.3) is 10.9 Å². The van der Waals surface area contributed by atoms with Crippen molar-refractivity contribution in [2.45, 2.75) is 45.6 Å². The molecule has 0 saturated heterocycles. The van der Waals surface area contributed by atoms with E-state index in [9.17, 15) is 0 Å². The minimum atomic E-state index is 0.538. The summed E-state index contributed by atoms with van der Waals surface area (Å²) < 4.78 is 0. The normalized spacial score (nSPS) is 15.5. The quantitative estimate of drug-likeness (QED) is 0.906. The summed E-state index contributed by atoms with van der Waals surface area (Å²) in [5.74, 6) is 1.83. The number of rotatable bonds is 5. The predicted octanol–water partition coefficient (Wildman–Crippen LogP) is 3.83. The van der Waals surface area contributed by atoms with Gasteiger partial charge in [-0.3, -0.25) is 0 Å². The summed E-state index contributed by atoms with van der Waals surface area (Å²) in [4.78, 5) is 11.8. The number of aromatic nitrogens is 2. The van der Waals surface area contributed by atoms with Gasteiger partial charge in [0.05, 0.1) is 5.52 Å². The molecule has 0 amide bonds. The molecular weight excluding hydrogens is 260 g/mol. The molecule has 1 aromatic carbocycles. The maximum atomic E-state index is 4.81. The first kappa shape index (κ1) is 14.1. The zero-order valence-electron chi connectivity index (χ0n) is 13.0. The van der Waals surface area contributed by atoms with Gasteiger partial charge < -0.3 is 10.2 Å². The van der Waals surface area contributed by atoms with Gasteiger partial charge in [0.25, 0.3) is 0 Å². The molecule has 1 heterocycles. The Bertz CT molecular complexity index is 601. The number of anilines is 2. The molecule has 1 N–H and O–H groups in total. The summed E-state index contributed by atoms with van der Waals surface area (Å²) in [6.07, 6.45) is 5.09. The molecule has 1 saturated carbocycles. The summed E-state index contributed by atoms with van der Waals surface area (Å²) in [5, 5.41) is 4.66. The maximum Gasteiger partial charge on any atom is 0.225 e. The molecule has 3 rings (SSSR count). The standard InChI is InChI=1S/C17H24N4/c1-3-21(4-2)16-14-11-7-8-12-15(14)19-17(20-16)18-13-9-5-6-10-13/h7-8,11-13H,3-6,9-10H2,1-2H3,(H,18,19,20). The lowest BCUT2D eigenvalue weighted by Crippen LogP contribution is -2.25. The molecule has 112 valence electrons. The van der Waals surface area contributed by atoms with E-state index in [4.69, 9.17) is 9.97 Å². The number of nitrogens with zero attached hydrogens (tertiary/aromatic N) is 3. The van der Waals surface area contributed by atoms with E-state index >= 15 is 0 Å². The Morgan fingerprint density at radius 1 is 1.10 bits per heavy atom. The van der Waals surface area contributed by atoms with Crippen molar-refractivity contribution in [1.29, 1.82) is 0 Å². The lowest BCUT2D eigenvalue weighted by molar-refractivity contribution is 0.743. The summed E-state index contributed by atoms with van der Waals surface area (Å²) in [6, 6.07) is 8.83. The highest BCUT2D eigenvalue weighted by atomic mass is 15.2. The highest BCUT2D eigenvalue weighted by molar-refractivity contribution is 5.90. The van der Waals surface area contributed by atoms with Crippen molar-refractivity contribution in [3.63, 3.8) is 0 Å². The molecule has 4 heteroatoms. The van der Waals surface area contributed by atoms with E-state index in [2.05, 4.69) is 42.3 Å². The Morgan fingerprint density at radius 3 is 2.52 bits per heavy atom. The van der Waals surface area contributed by atoms with Crippen LogP contribution < -0.4 is 10.2 Å². The molecule has 0 aliphatic heterocycles. The van der Waals surface area contributed by atoms with E-state index in [1.54, 1.807) is 0 Å². The smallest absolute Gasteiger partial charge is 0.225 e. The molecular formula is C17H24N4. The van der Waals surface area contributed by atoms with Crippen LogP contribution in [0.1, 0.15) is 39.5 Å². The first-order chi connectivity index (χ1) is 10.3. The van der Waals surface area contributed by atoms with Crippen molar-refractivity contribution < 1.29 is 0 Å². The fourth-order valence-corrected chi connectivity index (χ4v) is 3.14. The highest BCUT2D eigenvalue weighted by Gasteiger charge is 2.17. The zero-order valence-corrected chi connectivity index (χ0v) is 13.0. The highest BCUT2D eigenvalue weighted by Crippen LogP contribution is 2.27. The molecule has 0 unspecified atom stereocenters. The summed E-state index contributed by atoms with van der Waals surface area (Å²) >= 11 is 0. The number of benzene rings is 1. The number of hydrogen-bond donors (Lipinski definition) is 1. The average Bonchev–Trinajstić information content (AvgIpc) is 3.01. The fraction of sp³-hybridized carbons (Fsp3) is 0.529. The first-order valence-corrected chi connectivity index (χ1v) is 8.10. The lowest BCUT2D eigenvalue weighted by Gasteiger charge is -2.22. The molecule has 0 atom stereocenters. The van der Waals surface area contributed by atoms with Crippen molar-refractivity contribution in [2.75, 3.05) is 23.3 Å². The number of fused-ring (bicyclic) bond motifs is 1. The summed E-state index contributed by atoms with van der Waals surface area (Å²) in [6.45, 7) is 6.26. The van der Waals surface area contributed by atoms with E-state index in [0.29, 0.717) is 6.04 Å². The van der Waals surface area contributed by atoms with Crippen molar-refractivity contribution >= 4 is 22.7 Å². The molecule has 0 bridgehead atoms. The van der Waals surface area contributed by atoms with Gasteiger partial charge in [0.2, 0.25) is 5.95 Å². The molecule has 0 radical (unpaired) electrons. The van der Waals surface area contributed by atoms with Crippen LogP contribution in [0.2, 0.25) is 0 Å². The van der Waals surface area contributed by atoms with E-state index in [1.807, 2.05) is 6.07 Å². The van der Waals surface area contributed by atoms with Crippen molar-refractivity contribution in [3.8, 4) is 0 Å². The van der Waals surface area contributed by atoms with E-state index in [-0.39, 0.29) is 0 Å². The molecule has 2 aromatic rings. The second-order valence-electron chi connectivity index (χ2n) is 5.69. The monoisotopic (exact) mass is 284 g/mol. The largest absolute Gasteiger partial charge is 0.356 e. The van der Waals surface area contributed by atoms with Crippen LogP contribution in [-0.4, -0.2) is 29.1 Å². The van der Waals surface area contributed by atoms with Crippen LogP contribution in [0.4, 0.5) is 11.8 Å². The summed E-state index contributed by atoms with van der Waals surface area (Å²) in [7, 11) is 0. The first-order valence-electron chi connectivity index (χ1n) is 8.10. The molecule has 1 aliphatic carbocycles. The topological polar surface area (TPSA) is 41.1 Å². The molecule has 4 nitrogen and oxygen atoms in total. The molecule has 1 aliphatic rings. The molecule has 21 heavy (non-hydrogen) atoms. The van der Waals surface area contributed by atoms with Gasteiger partial charge in [-0.15, -0.1) is 0 Å². The minimum Gasteiger partial charge on any atom is -0.356 e. The van der Waals surface area contributed by atoms with E-state index in [0.717, 1.165) is 35.8 Å². The third-order valence-corrected chi connectivity index (χ3v) is 4.33. The van der Waals surface area contributed by atoms with Gasteiger partial charge in [0, 0.05) is 24.5 Å². The van der Waals surface area contributed by atoms with Gasteiger partial charge in [0.1, 0.15) is 5.82 Å². The van der Waals surface area contributed by atoms with Gasteiger partial charge in [-0.25, -0.2) is 4.98 Å². The Balaban J connectivity index is 2.01. The van der Waals surface area contributed by atoms with Crippen LogP contribution in [-0.2, 0) is 0 Å². The zero-order chi connectivity index (χ0) is 14.7. The molecule has 1 aromatic heterocycles. The van der Waals surface area contributed by atoms with Crippen LogP contribution >= 0.6 is 0 Å². The fourth-order valence-electron chi connectivity index (χ4n) is 3.14. The second-order valence-corrected chi connectivity index (χ2v) is 5.69. The van der Waals surface area contributed by atoms with Crippen LogP contribution in [0, 0.1) is 0 Å². The molecule has 1 fully saturated rings. The van der Waals surface area contributed by atoms with Gasteiger partial charge in [-0.1, -0.05) is 25.0 Å². The van der Waals surface area contributed by atoms with E-state index < -0.39 is 0 Å². The van der Waals surface area contributed by atoms with Crippen molar-refractivity contribution in [2.24, 2.45) is 0 Å². The average molecular weight is 284 g/mol. The van der Waals surface area contributed by atoms with Crippen LogP contribution in [0.15, 0.2) is 24.3 Å². The van der Waals surface area contributed by atoms with E-state index in [1.165, 1.54) is 25.7 Å². The van der Waals surface area contributed by atoms with Crippen LogP contribution in [0.5, 0.6) is 0 Å². The van der Waals surface area contributed by atoms with Gasteiger partial charge in [-0.2, -0.15) is 4.98 Å². The maximum absolute atomic E-state index is 4.81. The van der Waals surface area contributed by atoms with Crippen LogP contribution in [0.3, 0.4) is 0 Å². The van der Waals surface area contributed by atoms with Gasteiger partial charge in [-0.05, 0) is 38.8 Å². The number of para-hydroxylation sites is 1. The predicted molar refractivity (Wildman–Crippen MR) is 89.0 cm³/mol. The van der Waals surface area contributed by atoms with Crippen molar-refractivity contribution in [3.05, 3.63) is 24.3 Å². The Kier molecular flexibility index (Phi) is 4.23.